The number of nitrogens with one attached hydrogen (secondary N) is 1. The summed E-state index contributed by atoms with van der Waals surface area (Å²) >= 11 is 0. The van der Waals surface area contributed by atoms with E-state index in [2.05, 4.69) is 34.1 Å². The number of anilines is 1. The SMILES string of the molecule is CCc1ccc(NC(N)=NCCCCC(=O)OC)cc1.I. The Hall–Kier alpha value is -1.31. The average Bonchev–Trinajstić information content (AvgIpc) is 2.47. The zero-order chi connectivity index (χ0) is 14.8. The molecule has 1 aromatic carbocycles. The maximum Gasteiger partial charge on any atom is 0.305 e. The van der Waals surface area contributed by atoms with E-state index < -0.39 is 0 Å². The monoisotopic (exact) mass is 405 g/mol. The van der Waals surface area contributed by atoms with Crippen LogP contribution in [0.25, 0.3) is 0 Å². The van der Waals surface area contributed by atoms with Crippen LogP contribution in [-0.2, 0) is 16.0 Å². The molecule has 21 heavy (non-hydrogen) atoms. The predicted octanol–water partition coefficient (Wildman–Crippen LogP) is 2.94. The number of unbranched alkanes of at least 4 members (excludes halogenated alkanes) is 1. The Balaban J connectivity index is 0.00000400. The van der Waals surface area contributed by atoms with Crippen molar-refractivity contribution in [1.29, 1.82) is 0 Å². The van der Waals surface area contributed by atoms with E-state index >= 15 is 0 Å². The number of hydrogen-bond acceptors (Lipinski definition) is 3. The molecule has 0 saturated heterocycles. The van der Waals surface area contributed by atoms with E-state index in [0.29, 0.717) is 18.9 Å². The minimum atomic E-state index is -0.184. The van der Waals surface area contributed by atoms with Gasteiger partial charge in [0, 0.05) is 18.7 Å². The Morgan fingerprint density at radius 1 is 1.29 bits per heavy atom. The molecule has 0 aromatic heterocycles. The fourth-order valence-corrected chi connectivity index (χ4v) is 1.69. The minimum absolute atomic E-state index is 0. The molecule has 0 bridgehead atoms. The zero-order valence-corrected chi connectivity index (χ0v) is 14.9. The van der Waals surface area contributed by atoms with Crippen LogP contribution >= 0.6 is 24.0 Å². The maximum atomic E-state index is 10.9. The van der Waals surface area contributed by atoms with Crippen LogP contribution in [0.1, 0.15) is 31.7 Å². The second-order valence-electron chi connectivity index (χ2n) is 4.48. The second kappa shape index (κ2) is 11.4. The van der Waals surface area contributed by atoms with Gasteiger partial charge in [-0.15, -0.1) is 24.0 Å². The molecule has 0 radical (unpaired) electrons. The van der Waals surface area contributed by atoms with Gasteiger partial charge in [0.15, 0.2) is 5.96 Å². The number of carbonyl (C=O) groups is 1. The van der Waals surface area contributed by atoms with Gasteiger partial charge < -0.3 is 15.8 Å². The first kappa shape index (κ1) is 19.7. The van der Waals surface area contributed by atoms with Crippen molar-refractivity contribution in [2.45, 2.75) is 32.6 Å². The third kappa shape index (κ3) is 8.54. The molecule has 0 spiro atoms. The molecule has 5 nitrogen and oxygen atoms in total. The molecule has 0 unspecified atom stereocenters. The molecule has 0 amide bonds. The lowest BCUT2D eigenvalue weighted by atomic mass is 10.1. The highest BCUT2D eigenvalue weighted by molar-refractivity contribution is 14.0. The Labute approximate surface area is 143 Å². The van der Waals surface area contributed by atoms with E-state index in [4.69, 9.17) is 5.73 Å². The molecular weight excluding hydrogens is 381 g/mol. The van der Waals surface area contributed by atoms with Crippen molar-refractivity contribution in [3.05, 3.63) is 29.8 Å². The van der Waals surface area contributed by atoms with Crippen LogP contribution in [0.15, 0.2) is 29.3 Å². The first-order chi connectivity index (χ1) is 9.65. The summed E-state index contributed by atoms with van der Waals surface area (Å²) in [6.07, 6.45) is 3.02. The molecule has 0 heterocycles. The molecular formula is C15H24IN3O2. The molecule has 1 rings (SSSR count). The summed E-state index contributed by atoms with van der Waals surface area (Å²) in [7, 11) is 1.40. The van der Waals surface area contributed by atoms with E-state index in [1.807, 2.05) is 12.1 Å². The fraction of sp³-hybridized carbons (Fsp3) is 0.467. The Morgan fingerprint density at radius 2 is 1.95 bits per heavy atom. The molecule has 118 valence electrons. The van der Waals surface area contributed by atoms with Gasteiger partial charge in [0.1, 0.15) is 0 Å². The summed E-state index contributed by atoms with van der Waals surface area (Å²) in [5, 5.41) is 3.04. The van der Waals surface area contributed by atoms with Gasteiger partial charge in [-0.05, 0) is 37.0 Å². The Bertz CT molecular complexity index is 447. The molecule has 0 fully saturated rings. The number of aryl methyl sites for hydroxylation is 1. The standard InChI is InChI=1S/C15H23N3O2.HI/c1-3-12-7-9-13(10-8-12)18-15(16)17-11-5-4-6-14(19)20-2;/h7-10H,3-6,11H2,1-2H3,(H3,16,17,18);1H. The lowest BCUT2D eigenvalue weighted by molar-refractivity contribution is -0.140. The highest BCUT2D eigenvalue weighted by Gasteiger charge is 1.99. The maximum absolute atomic E-state index is 10.9. The van der Waals surface area contributed by atoms with Crippen molar-refractivity contribution in [2.24, 2.45) is 10.7 Å². The van der Waals surface area contributed by atoms with E-state index in [9.17, 15) is 4.79 Å². The zero-order valence-electron chi connectivity index (χ0n) is 12.6. The molecule has 0 saturated carbocycles. The van der Waals surface area contributed by atoms with E-state index in [-0.39, 0.29) is 29.9 Å². The average molecular weight is 405 g/mol. The predicted molar refractivity (Wildman–Crippen MR) is 97.2 cm³/mol. The minimum Gasteiger partial charge on any atom is -0.469 e. The van der Waals surface area contributed by atoms with Gasteiger partial charge >= 0.3 is 5.97 Å². The van der Waals surface area contributed by atoms with Crippen LogP contribution in [0.3, 0.4) is 0 Å². The highest BCUT2D eigenvalue weighted by atomic mass is 127. The summed E-state index contributed by atoms with van der Waals surface area (Å²) in [5.74, 6) is 0.211. The molecule has 6 heteroatoms. The van der Waals surface area contributed by atoms with Crippen LogP contribution in [0, 0.1) is 0 Å². The number of aliphatic imine (C=N–C) groups is 1. The quantitative estimate of drug-likeness (QED) is 0.241. The number of esters is 1. The Kier molecular flexibility index (Phi) is 10.7. The van der Waals surface area contributed by atoms with Crippen LogP contribution in [0.5, 0.6) is 0 Å². The van der Waals surface area contributed by atoms with Gasteiger partial charge in [0.2, 0.25) is 0 Å². The summed E-state index contributed by atoms with van der Waals surface area (Å²) in [4.78, 5) is 15.1. The van der Waals surface area contributed by atoms with Crippen molar-refractivity contribution in [3.8, 4) is 0 Å². The van der Waals surface area contributed by atoms with Crippen molar-refractivity contribution in [2.75, 3.05) is 19.0 Å². The number of ether oxygens (including phenoxy) is 1. The van der Waals surface area contributed by atoms with Crippen molar-refractivity contribution < 1.29 is 9.53 Å². The number of rotatable bonds is 7. The molecule has 0 aliphatic rings. The van der Waals surface area contributed by atoms with Crippen LogP contribution in [0.2, 0.25) is 0 Å². The molecule has 3 N–H and O–H groups in total. The van der Waals surface area contributed by atoms with Gasteiger partial charge in [-0.1, -0.05) is 19.1 Å². The number of carbonyl (C=O) groups excluding carboxylic acids is 1. The van der Waals surface area contributed by atoms with Crippen molar-refractivity contribution in [3.63, 3.8) is 0 Å². The smallest absolute Gasteiger partial charge is 0.305 e. The van der Waals surface area contributed by atoms with E-state index in [1.165, 1.54) is 12.7 Å². The van der Waals surface area contributed by atoms with Crippen LogP contribution in [0.4, 0.5) is 5.69 Å². The van der Waals surface area contributed by atoms with Crippen molar-refractivity contribution in [1.82, 2.24) is 0 Å². The second-order valence-corrected chi connectivity index (χ2v) is 4.48. The number of nitrogens with two attached hydrogens (primary N) is 1. The number of halogens is 1. The molecule has 1 aromatic rings. The van der Waals surface area contributed by atoms with Gasteiger partial charge in [-0.3, -0.25) is 9.79 Å². The molecule has 0 aliphatic heterocycles. The highest BCUT2D eigenvalue weighted by Crippen LogP contribution is 2.09. The van der Waals surface area contributed by atoms with Gasteiger partial charge in [0.25, 0.3) is 0 Å². The van der Waals surface area contributed by atoms with E-state index in [1.54, 1.807) is 0 Å². The number of guanidine groups is 1. The van der Waals surface area contributed by atoms with Crippen LogP contribution < -0.4 is 11.1 Å². The first-order valence-electron chi connectivity index (χ1n) is 6.88. The van der Waals surface area contributed by atoms with E-state index in [0.717, 1.165) is 24.9 Å². The molecule has 0 aliphatic carbocycles. The topological polar surface area (TPSA) is 76.7 Å². The summed E-state index contributed by atoms with van der Waals surface area (Å²) < 4.78 is 4.56. The number of nitrogens with zero attached hydrogens (tertiary/aromatic N) is 1. The largest absolute Gasteiger partial charge is 0.469 e. The third-order valence-corrected chi connectivity index (χ3v) is 2.93. The first-order valence-corrected chi connectivity index (χ1v) is 6.88. The summed E-state index contributed by atoms with van der Waals surface area (Å²) in [6.45, 7) is 2.72. The lowest BCUT2D eigenvalue weighted by Gasteiger charge is -2.06. The lowest BCUT2D eigenvalue weighted by Crippen LogP contribution is -2.22. The number of hydrogen-bond donors (Lipinski definition) is 2. The van der Waals surface area contributed by atoms with Crippen LogP contribution in [-0.4, -0.2) is 25.6 Å². The number of methoxy groups -OCH3 is 1. The number of benzene rings is 1. The van der Waals surface area contributed by atoms with Gasteiger partial charge in [-0.2, -0.15) is 0 Å². The van der Waals surface area contributed by atoms with Crippen molar-refractivity contribution >= 4 is 41.6 Å². The molecule has 0 atom stereocenters. The summed E-state index contributed by atoms with van der Waals surface area (Å²) in [6, 6.07) is 8.09. The fourth-order valence-electron chi connectivity index (χ4n) is 1.69. The summed E-state index contributed by atoms with van der Waals surface area (Å²) in [5.41, 5.74) is 8.01. The Morgan fingerprint density at radius 3 is 2.52 bits per heavy atom. The van der Waals surface area contributed by atoms with Gasteiger partial charge in [-0.25, -0.2) is 0 Å². The normalized spacial score (nSPS) is 10.7. The van der Waals surface area contributed by atoms with Gasteiger partial charge in [0.05, 0.1) is 7.11 Å². The third-order valence-electron chi connectivity index (χ3n) is 2.93.